The number of aliphatic hydroxyl groups is 1. The number of aliphatic carboxylic acids is 1. The molecule has 1 aromatic rings. The second-order valence-electron chi connectivity index (χ2n) is 4.63. The maximum atomic E-state index is 11.1. The van der Waals surface area contributed by atoms with Gasteiger partial charge in [-0.05, 0) is 19.8 Å². The van der Waals surface area contributed by atoms with Crippen LogP contribution in [0.1, 0.15) is 19.8 Å². The summed E-state index contributed by atoms with van der Waals surface area (Å²) in [4.78, 5) is 19.2. The highest BCUT2D eigenvalue weighted by molar-refractivity contribution is 6.32. The van der Waals surface area contributed by atoms with E-state index in [0.717, 1.165) is 0 Å². The molecule has 0 saturated heterocycles. The van der Waals surface area contributed by atoms with Crippen molar-refractivity contribution in [2.24, 2.45) is 0 Å². The quantitative estimate of drug-likeness (QED) is 0.617. The second-order valence-corrected chi connectivity index (χ2v) is 5.04. The number of aromatic nitrogens is 2. The summed E-state index contributed by atoms with van der Waals surface area (Å²) in [5.74, 6) is -0.348. The first-order valence-corrected chi connectivity index (χ1v) is 6.26. The van der Waals surface area contributed by atoms with E-state index in [0.29, 0.717) is 12.8 Å². The number of nitrogens with one attached hydrogen (secondary N) is 2. The van der Waals surface area contributed by atoms with Gasteiger partial charge in [0.15, 0.2) is 5.82 Å². The third kappa shape index (κ3) is 3.05. The van der Waals surface area contributed by atoms with E-state index in [4.69, 9.17) is 21.8 Å². The normalized spacial score (nSPS) is 17.6. The SMILES string of the molecule is CC(CO)Nc1ncc(Cl)c(NC2(C(=O)O)CC2)n1. The Morgan fingerprint density at radius 3 is 2.84 bits per heavy atom. The molecule has 1 unspecified atom stereocenters. The van der Waals surface area contributed by atoms with Crippen molar-refractivity contribution < 1.29 is 15.0 Å². The van der Waals surface area contributed by atoms with Crippen molar-refractivity contribution in [3.8, 4) is 0 Å². The van der Waals surface area contributed by atoms with Crippen molar-refractivity contribution in [3.63, 3.8) is 0 Å². The number of hydrogen-bond donors (Lipinski definition) is 4. The van der Waals surface area contributed by atoms with E-state index in [2.05, 4.69) is 20.6 Å². The van der Waals surface area contributed by atoms with Crippen LogP contribution in [-0.4, -0.2) is 44.3 Å². The Kier molecular flexibility index (Phi) is 3.77. The van der Waals surface area contributed by atoms with Crippen LogP contribution in [0.5, 0.6) is 0 Å². The molecule has 0 aromatic carbocycles. The molecule has 1 heterocycles. The van der Waals surface area contributed by atoms with E-state index >= 15 is 0 Å². The van der Waals surface area contributed by atoms with Gasteiger partial charge in [-0.1, -0.05) is 11.6 Å². The van der Waals surface area contributed by atoms with Gasteiger partial charge in [0.25, 0.3) is 0 Å². The monoisotopic (exact) mass is 286 g/mol. The van der Waals surface area contributed by atoms with Crippen LogP contribution in [0.2, 0.25) is 5.02 Å². The summed E-state index contributed by atoms with van der Waals surface area (Å²) < 4.78 is 0. The fourth-order valence-corrected chi connectivity index (χ4v) is 1.67. The Morgan fingerprint density at radius 1 is 1.63 bits per heavy atom. The van der Waals surface area contributed by atoms with Gasteiger partial charge in [-0.3, -0.25) is 0 Å². The minimum Gasteiger partial charge on any atom is -0.480 e. The topological polar surface area (TPSA) is 107 Å². The van der Waals surface area contributed by atoms with Crippen molar-refractivity contribution >= 4 is 29.3 Å². The molecular weight excluding hydrogens is 272 g/mol. The molecule has 1 atom stereocenters. The fraction of sp³-hybridized carbons (Fsp3) is 0.545. The summed E-state index contributed by atoms with van der Waals surface area (Å²) in [7, 11) is 0. The molecule has 7 nitrogen and oxygen atoms in total. The molecule has 0 bridgehead atoms. The van der Waals surface area contributed by atoms with Gasteiger partial charge in [-0.15, -0.1) is 0 Å². The third-order valence-electron chi connectivity index (χ3n) is 2.91. The first kappa shape index (κ1) is 13.8. The van der Waals surface area contributed by atoms with Crippen LogP contribution in [0.3, 0.4) is 0 Å². The Labute approximate surface area is 115 Å². The molecule has 1 saturated carbocycles. The second kappa shape index (κ2) is 5.18. The van der Waals surface area contributed by atoms with Crippen LogP contribution in [0.15, 0.2) is 6.20 Å². The van der Waals surface area contributed by atoms with Gasteiger partial charge in [0.2, 0.25) is 5.95 Å². The van der Waals surface area contributed by atoms with Crippen LogP contribution in [0.4, 0.5) is 11.8 Å². The summed E-state index contributed by atoms with van der Waals surface area (Å²) >= 11 is 5.95. The van der Waals surface area contributed by atoms with E-state index in [1.165, 1.54) is 6.20 Å². The molecule has 0 radical (unpaired) electrons. The molecule has 0 aliphatic heterocycles. The van der Waals surface area contributed by atoms with Gasteiger partial charge >= 0.3 is 5.97 Å². The average molecular weight is 287 g/mol. The van der Waals surface area contributed by atoms with Gasteiger partial charge in [-0.25, -0.2) is 9.78 Å². The lowest BCUT2D eigenvalue weighted by molar-refractivity contribution is -0.138. The van der Waals surface area contributed by atoms with Gasteiger partial charge in [-0.2, -0.15) is 4.98 Å². The fourth-order valence-electron chi connectivity index (χ4n) is 1.53. The molecule has 1 aliphatic rings. The van der Waals surface area contributed by atoms with E-state index in [1.54, 1.807) is 6.92 Å². The summed E-state index contributed by atoms with van der Waals surface area (Å²) in [6, 6.07) is -0.205. The highest BCUT2D eigenvalue weighted by Gasteiger charge is 2.51. The number of aliphatic hydroxyl groups excluding tert-OH is 1. The predicted octanol–water partition coefficient (Wildman–Crippen LogP) is 0.952. The molecule has 104 valence electrons. The van der Waals surface area contributed by atoms with Gasteiger partial charge in [0, 0.05) is 6.04 Å². The van der Waals surface area contributed by atoms with Crippen molar-refractivity contribution in [1.82, 2.24) is 9.97 Å². The molecule has 19 heavy (non-hydrogen) atoms. The zero-order valence-corrected chi connectivity index (χ0v) is 11.1. The Bertz CT molecular complexity index is 493. The van der Waals surface area contributed by atoms with Gasteiger partial charge in [0.1, 0.15) is 10.6 Å². The maximum Gasteiger partial charge on any atom is 0.329 e. The average Bonchev–Trinajstić information content (AvgIpc) is 3.14. The van der Waals surface area contributed by atoms with Gasteiger partial charge in [0.05, 0.1) is 12.8 Å². The van der Waals surface area contributed by atoms with Crippen LogP contribution < -0.4 is 10.6 Å². The van der Waals surface area contributed by atoms with Crippen molar-refractivity contribution in [2.45, 2.75) is 31.3 Å². The molecule has 1 aromatic heterocycles. The van der Waals surface area contributed by atoms with E-state index in [9.17, 15) is 4.79 Å². The lowest BCUT2D eigenvalue weighted by Crippen LogP contribution is -2.32. The highest BCUT2D eigenvalue weighted by atomic mass is 35.5. The van der Waals surface area contributed by atoms with E-state index in [-0.39, 0.29) is 29.4 Å². The van der Waals surface area contributed by atoms with Crippen molar-refractivity contribution in [3.05, 3.63) is 11.2 Å². The summed E-state index contributed by atoms with van der Waals surface area (Å²) in [6.45, 7) is 1.71. The largest absolute Gasteiger partial charge is 0.480 e. The number of carboxylic acid groups (broad SMARTS) is 1. The van der Waals surface area contributed by atoms with Crippen molar-refractivity contribution in [1.29, 1.82) is 0 Å². The van der Waals surface area contributed by atoms with Crippen LogP contribution in [0.25, 0.3) is 0 Å². The summed E-state index contributed by atoms with van der Waals surface area (Å²) in [5.41, 5.74) is -0.960. The number of hydrogen-bond acceptors (Lipinski definition) is 6. The molecule has 1 aliphatic carbocycles. The minimum atomic E-state index is -0.960. The van der Waals surface area contributed by atoms with Crippen molar-refractivity contribution in [2.75, 3.05) is 17.2 Å². The summed E-state index contributed by atoms with van der Waals surface area (Å²) in [5, 5.41) is 24.0. The lowest BCUT2D eigenvalue weighted by atomic mass is 10.3. The molecule has 8 heteroatoms. The number of carboxylic acids is 1. The smallest absolute Gasteiger partial charge is 0.329 e. The lowest BCUT2D eigenvalue weighted by Gasteiger charge is -2.16. The summed E-state index contributed by atoms with van der Waals surface area (Å²) in [6.07, 6.45) is 2.47. The molecule has 0 spiro atoms. The first-order valence-electron chi connectivity index (χ1n) is 5.88. The molecular formula is C11H15ClN4O3. The standard InChI is InChI=1S/C11H15ClN4O3/c1-6(5-17)14-10-13-4-7(12)8(15-10)16-11(2-3-11)9(18)19/h4,6,17H,2-3,5H2,1H3,(H,18,19)(H2,13,14,15,16). The Balaban J connectivity index is 2.16. The van der Waals surface area contributed by atoms with E-state index in [1.807, 2.05) is 0 Å². The Hall–Kier alpha value is -1.60. The number of nitrogens with zero attached hydrogens (tertiary/aromatic N) is 2. The zero-order valence-electron chi connectivity index (χ0n) is 10.4. The predicted molar refractivity (Wildman–Crippen MR) is 70.4 cm³/mol. The maximum absolute atomic E-state index is 11.1. The molecule has 1 fully saturated rings. The Morgan fingerprint density at radius 2 is 2.32 bits per heavy atom. The number of carbonyl (C=O) groups is 1. The highest BCUT2D eigenvalue weighted by Crippen LogP contribution is 2.40. The molecule has 2 rings (SSSR count). The van der Waals surface area contributed by atoms with Crippen LogP contribution >= 0.6 is 11.6 Å². The van der Waals surface area contributed by atoms with Gasteiger partial charge < -0.3 is 20.8 Å². The van der Waals surface area contributed by atoms with Crippen LogP contribution in [-0.2, 0) is 4.79 Å². The van der Waals surface area contributed by atoms with Crippen LogP contribution in [0, 0.1) is 0 Å². The zero-order chi connectivity index (χ0) is 14.0. The first-order chi connectivity index (χ1) is 8.97. The number of rotatable bonds is 6. The minimum absolute atomic E-state index is 0.0617. The molecule has 4 N–H and O–H groups in total. The number of anilines is 2. The molecule has 0 amide bonds. The van der Waals surface area contributed by atoms with E-state index < -0.39 is 11.5 Å². The third-order valence-corrected chi connectivity index (χ3v) is 3.19. The number of halogens is 1.